The smallest absolute Gasteiger partial charge is 0.251 e. The minimum Gasteiger partial charge on any atom is -0.396 e. The van der Waals surface area contributed by atoms with E-state index in [2.05, 4.69) is 5.32 Å². The maximum atomic E-state index is 12.0. The molecule has 1 rings (SSSR count). The van der Waals surface area contributed by atoms with Crippen molar-refractivity contribution in [1.82, 2.24) is 5.32 Å². The van der Waals surface area contributed by atoms with Crippen LogP contribution in [-0.4, -0.2) is 24.2 Å². The van der Waals surface area contributed by atoms with E-state index >= 15 is 0 Å². The van der Waals surface area contributed by atoms with Gasteiger partial charge in [0.15, 0.2) is 0 Å². The number of hydrogen-bond acceptors (Lipinski definition) is 2. The fourth-order valence-electron chi connectivity index (χ4n) is 1.96. The summed E-state index contributed by atoms with van der Waals surface area (Å²) < 4.78 is 0. The van der Waals surface area contributed by atoms with E-state index in [-0.39, 0.29) is 18.4 Å². The average molecular weight is 235 g/mol. The topological polar surface area (TPSA) is 49.3 Å². The highest BCUT2D eigenvalue weighted by Gasteiger charge is 2.13. The largest absolute Gasteiger partial charge is 0.396 e. The zero-order valence-electron chi connectivity index (χ0n) is 11.0. The van der Waals surface area contributed by atoms with E-state index in [4.69, 9.17) is 5.11 Å². The van der Waals surface area contributed by atoms with E-state index in [1.165, 1.54) is 5.56 Å². The van der Waals surface area contributed by atoms with Gasteiger partial charge in [0.2, 0.25) is 0 Å². The number of carbonyl (C=O) groups is 1. The lowest BCUT2D eigenvalue weighted by molar-refractivity contribution is 0.0941. The van der Waals surface area contributed by atoms with Gasteiger partial charge in [0, 0.05) is 18.7 Å². The van der Waals surface area contributed by atoms with Gasteiger partial charge in [-0.2, -0.15) is 0 Å². The van der Waals surface area contributed by atoms with Gasteiger partial charge in [0.05, 0.1) is 0 Å². The van der Waals surface area contributed by atoms with Crippen LogP contribution in [0, 0.1) is 26.7 Å². The zero-order chi connectivity index (χ0) is 13.0. The summed E-state index contributed by atoms with van der Waals surface area (Å²) in [5.74, 6) is 0.0327. The number of aryl methyl sites for hydroxylation is 3. The van der Waals surface area contributed by atoms with Gasteiger partial charge in [-0.05, 0) is 37.8 Å². The predicted octanol–water partition coefficient (Wildman–Crippen LogP) is 1.97. The molecule has 1 unspecified atom stereocenters. The Hall–Kier alpha value is -1.35. The molecule has 0 aliphatic carbocycles. The summed E-state index contributed by atoms with van der Waals surface area (Å²) in [4.78, 5) is 12.0. The SMILES string of the molecule is Cc1cc(C)c(C(=O)NCC(C)CO)c(C)c1. The van der Waals surface area contributed by atoms with Crippen LogP contribution in [0.5, 0.6) is 0 Å². The number of hydrogen-bond donors (Lipinski definition) is 2. The molecule has 1 aromatic rings. The molecule has 0 aliphatic rings. The standard InChI is InChI=1S/C14H21NO2/c1-9-5-11(3)13(12(4)6-9)14(17)15-7-10(2)8-16/h5-6,10,16H,7-8H2,1-4H3,(H,15,17). The summed E-state index contributed by atoms with van der Waals surface area (Å²) in [5, 5.41) is 11.8. The lowest BCUT2D eigenvalue weighted by Crippen LogP contribution is -2.30. The van der Waals surface area contributed by atoms with Crippen LogP contribution in [0.25, 0.3) is 0 Å². The van der Waals surface area contributed by atoms with Crippen LogP contribution in [0.2, 0.25) is 0 Å². The Morgan fingerprint density at radius 2 is 1.82 bits per heavy atom. The molecule has 17 heavy (non-hydrogen) atoms. The van der Waals surface area contributed by atoms with Crippen molar-refractivity contribution in [2.45, 2.75) is 27.7 Å². The van der Waals surface area contributed by atoms with Gasteiger partial charge in [-0.15, -0.1) is 0 Å². The maximum Gasteiger partial charge on any atom is 0.251 e. The van der Waals surface area contributed by atoms with E-state index in [1.807, 2.05) is 39.8 Å². The first kappa shape index (κ1) is 13.7. The maximum absolute atomic E-state index is 12.0. The molecule has 0 spiro atoms. The number of benzene rings is 1. The number of amides is 1. The number of rotatable bonds is 4. The van der Waals surface area contributed by atoms with Crippen molar-refractivity contribution >= 4 is 5.91 Å². The first-order valence-electron chi connectivity index (χ1n) is 5.92. The van der Waals surface area contributed by atoms with Gasteiger partial charge >= 0.3 is 0 Å². The minimum absolute atomic E-state index is 0.0553. The molecule has 0 saturated heterocycles. The molecule has 3 nitrogen and oxygen atoms in total. The molecule has 0 saturated carbocycles. The highest BCUT2D eigenvalue weighted by molar-refractivity contribution is 5.97. The number of carbonyl (C=O) groups excluding carboxylic acids is 1. The number of nitrogens with one attached hydrogen (secondary N) is 1. The third-order valence-corrected chi connectivity index (χ3v) is 2.83. The second-order valence-electron chi connectivity index (χ2n) is 4.77. The Morgan fingerprint density at radius 3 is 2.29 bits per heavy atom. The molecule has 0 aliphatic heterocycles. The zero-order valence-corrected chi connectivity index (χ0v) is 11.0. The van der Waals surface area contributed by atoms with Gasteiger partial charge < -0.3 is 10.4 Å². The number of aliphatic hydroxyl groups excluding tert-OH is 1. The van der Waals surface area contributed by atoms with Crippen molar-refractivity contribution in [2.75, 3.05) is 13.2 Å². The molecule has 0 aromatic heterocycles. The number of aliphatic hydroxyl groups is 1. The van der Waals surface area contributed by atoms with E-state index in [9.17, 15) is 4.79 Å². The lowest BCUT2D eigenvalue weighted by Gasteiger charge is -2.13. The molecular weight excluding hydrogens is 214 g/mol. The summed E-state index contributed by atoms with van der Waals surface area (Å²) >= 11 is 0. The molecular formula is C14H21NO2. The van der Waals surface area contributed by atoms with Gasteiger partial charge in [-0.1, -0.05) is 24.6 Å². The van der Waals surface area contributed by atoms with Crippen LogP contribution in [0.4, 0.5) is 0 Å². The Morgan fingerprint density at radius 1 is 1.29 bits per heavy atom. The first-order chi connectivity index (χ1) is 7.95. The van der Waals surface area contributed by atoms with Crippen molar-refractivity contribution in [3.05, 3.63) is 34.4 Å². The van der Waals surface area contributed by atoms with Gasteiger partial charge in [-0.25, -0.2) is 0 Å². The monoisotopic (exact) mass is 235 g/mol. The summed E-state index contributed by atoms with van der Waals surface area (Å²) in [6, 6.07) is 4.02. The predicted molar refractivity (Wildman–Crippen MR) is 69.2 cm³/mol. The van der Waals surface area contributed by atoms with E-state index in [0.29, 0.717) is 6.54 Å². The first-order valence-corrected chi connectivity index (χ1v) is 5.92. The molecule has 0 fully saturated rings. The fraction of sp³-hybridized carbons (Fsp3) is 0.500. The van der Waals surface area contributed by atoms with Crippen LogP contribution in [-0.2, 0) is 0 Å². The van der Waals surface area contributed by atoms with Crippen molar-refractivity contribution in [3.8, 4) is 0 Å². The quantitative estimate of drug-likeness (QED) is 0.838. The normalized spacial score (nSPS) is 12.3. The van der Waals surface area contributed by atoms with Crippen molar-refractivity contribution in [2.24, 2.45) is 5.92 Å². The average Bonchev–Trinajstić information content (AvgIpc) is 2.24. The summed E-state index contributed by atoms with van der Waals surface area (Å²) in [6.07, 6.45) is 0. The molecule has 0 heterocycles. The molecule has 2 N–H and O–H groups in total. The highest BCUT2D eigenvalue weighted by Crippen LogP contribution is 2.16. The summed E-state index contributed by atoms with van der Waals surface area (Å²) in [7, 11) is 0. The Balaban J connectivity index is 2.82. The lowest BCUT2D eigenvalue weighted by atomic mass is 9.99. The molecule has 1 atom stereocenters. The van der Waals surface area contributed by atoms with Crippen LogP contribution < -0.4 is 5.32 Å². The second kappa shape index (κ2) is 5.82. The molecule has 1 aromatic carbocycles. The molecule has 94 valence electrons. The van der Waals surface area contributed by atoms with Gasteiger partial charge in [0.25, 0.3) is 5.91 Å². The van der Waals surface area contributed by atoms with Crippen LogP contribution in [0.15, 0.2) is 12.1 Å². The third kappa shape index (κ3) is 3.56. The Kier molecular flexibility index (Phi) is 4.70. The Labute approximate surface area is 103 Å². The molecule has 3 heteroatoms. The van der Waals surface area contributed by atoms with Crippen molar-refractivity contribution in [1.29, 1.82) is 0 Å². The third-order valence-electron chi connectivity index (χ3n) is 2.83. The second-order valence-corrected chi connectivity index (χ2v) is 4.77. The Bertz CT molecular complexity index is 390. The van der Waals surface area contributed by atoms with Crippen molar-refractivity contribution in [3.63, 3.8) is 0 Å². The summed E-state index contributed by atoms with van der Waals surface area (Å²) in [5.41, 5.74) is 3.91. The summed E-state index contributed by atoms with van der Waals surface area (Å²) in [6.45, 7) is 8.41. The van der Waals surface area contributed by atoms with E-state index < -0.39 is 0 Å². The van der Waals surface area contributed by atoms with E-state index in [1.54, 1.807) is 0 Å². The van der Waals surface area contributed by atoms with Crippen LogP contribution >= 0.6 is 0 Å². The molecule has 0 bridgehead atoms. The molecule has 0 radical (unpaired) electrons. The molecule has 1 amide bonds. The van der Waals surface area contributed by atoms with Crippen LogP contribution in [0.1, 0.15) is 34.0 Å². The van der Waals surface area contributed by atoms with Crippen molar-refractivity contribution < 1.29 is 9.90 Å². The highest BCUT2D eigenvalue weighted by atomic mass is 16.3. The van der Waals surface area contributed by atoms with E-state index in [0.717, 1.165) is 16.7 Å². The van der Waals surface area contributed by atoms with Gasteiger partial charge in [0.1, 0.15) is 0 Å². The fourth-order valence-corrected chi connectivity index (χ4v) is 1.96. The van der Waals surface area contributed by atoms with Crippen LogP contribution in [0.3, 0.4) is 0 Å². The minimum atomic E-state index is -0.0553. The van der Waals surface area contributed by atoms with Gasteiger partial charge in [-0.3, -0.25) is 4.79 Å².